The molecule has 0 radical (unpaired) electrons. The highest BCUT2D eigenvalue weighted by Gasteiger charge is 2.50. The van der Waals surface area contributed by atoms with Gasteiger partial charge in [-0.25, -0.2) is 4.99 Å². The second-order valence-electron chi connectivity index (χ2n) is 9.25. The summed E-state index contributed by atoms with van der Waals surface area (Å²) in [6.45, 7) is 2.80. The Morgan fingerprint density at radius 1 is 0.973 bits per heavy atom. The molecule has 5 rings (SSSR count). The summed E-state index contributed by atoms with van der Waals surface area (Å²) in [5.41, 5.74) is 9.49. The summed E-state index contributed by atoms with van der Waals surface area (Å²) in [6, 6.07) is 29.0. The molecule has 2 amide bonds. The number of guanidine groups is 1. The zero-order valence-electron chi connectivity index (χ0n) is 20.8. The number of hydrogen-bond donors (Lipinski definition) is 1. The molecule has 1 aliphatic rings. The highest BCUT2D eigenvalue weighted by molar-refractivity contribution is 7.10. The van der Waals surface area contributed by atoms with E-state index in [1.165, 1.54) is 21.8 Å². The molecule has 186 valence electrons. The van der Waals surface area contributed by atoms with Crippen LogP contribution in [-0.2, 0) is 23.4 Å². The molecule has 0 atom stereocenters. The van der Waals surface area contributed by atoms with Crippen LogP contribution >= 0.6 is 11.3 Å². The standard InChI is InChI=1S/C30H28N4O2S/c1-21-13-15-22(16-14-21)18-33(2)27(35)23-17-26(37-20-23)19-34-28(36)30(32-29(34)31,24-9-5-3-6-10-24)25-11-7-4-8-12-25/h3-17,20H,18-19H2,1-2H3,(H2,31,32). The fourth-order valence-electron chi connectivity index (χ4n) is 4.62. The molecule has 6 nitrogen and oxygen atoms in total. The fraction of sp³-hybridized carbons (Fsp3) is 0.167. The smallest absolute Gasteiger partial charge is 0.266 e. The molecule has 7 heteroatoms. The Labute approximate surface area is 220 Å². The lowest BCUT2D eigenvalue weighted by atomic mass is 9.83. The zero-order valence-corrected chi connectivity index (χ0v) is 21.6. The van der Waals surface area contributed by atoms with E-state index in [2.05, 4.69) is 0 Å². The number of hydrogen-bond acceptors (Lipinski definition) is 5. The van der Waals surface area contributed by atoms with Crippen molar-refractivity contribution in [2.24, 2.45) is 10.7 Å². The quantitative estimate of drug-likeness (QED) is 0.385. The van der Waals surface area contributed by atoms with Crippen molar-refractivity contribution in [2.45, 2.75) is 25.6 Å². The van der Waals surface area contributed by atoms with Gasteiger partial charge >= 0.3 is 0 Å². The van der Waals surface area contributed by atoms with Crippen molar-refractivity contribution in [1.82, 2.24) is 9.80 Å². The summed E-state index contributed by atoms with van der Waals surface area (Å²) in [4.78, 5) is 35.9. The molecular weight excluding hydrogens is 480 g/mol. The third-order valence-corrected chi connectivity index (χ3v) is 7.52. The van der Waals surface area contributed by atoms with Gasteiger partial charge in [0.05, 0.1) is 12.1 Å². The Kier molecular flexibility index (Phi) is 6.63. The van der Waals surface area contributed by atoms with E-state index in [1.807, 2.05) is 103 Å². The second-order valence-corrected chi connectivity index (χ2v) is 10.2. The van der Waals surface area contributed by atoms with Crippen LogP contribution in [0.2, 0.25) is 0 Å². The minimum Gasteiger partial charge on any atom is -0.369 e. The van der Waals surface area contributed by atoms with Crippen LogP contribution in [0.3, 0.4) is 0 Å². The van der Waals surface area contributed by atoms with E-state index in [-0.39, 0.29) is 24.3 Å². The highest BCUT2D eigenvalue weighted by atomic mass is 32.1. The van der Waals surface area contributed by atoms with E-state index in [1.54, 1.807) is 11.9 Å². The molecule has 1 aromatic heterocycles. The Morgan fingerprint density at radius 2 is 1.57 bits per heavy atom. The van der Waals surface area contributed by atoms with Crippen LogP contribution in [0.4, 0.5) is 0 Å². The van der Waals surface area contributed by atoms with Crippen LogP contribution < -0.4 is 5.73 Å². The molecule has 1 aliphatic heterocycles. The monoisotopic (exact) mass is 508 g/mol. The van der Waals surface area contributed by atoms with E-state index in [0.717, 1.165) is 21.6 Å². The van der Waals surface area contributed by atoms with Gasteiger partial charge in [0.2, 0.25) is 0 Å². The molecule has 37 heavy (non-hydrogen) atoms. The van der Waals surface area contributed by atoms with Gasteiger partial charge in [-0.05, 0) is 29.7 Å². The van der Waals surface area contributed by atoms with Crippen LogP contribution in [0.1, 0.15) is 37.5 Å². The van der Waals surface area contributed by atoms with Gasteiger partial charge < -0.3 is 10.6 Å². The number of rotatable bonds is 7. The number of benzene rings is 3. The number of carbonyl (C=O) groups is 2. The van der Waals surface area contributed by atoms with Crippen molar-refractivity contribution in [1.29, 1.82) is 0 Å². The highest BCUT2D eigenvalue weighted by Crippen LogP contribution is 2.40. The van der Waals surface area contributed by atoms with Gasteiger partial charge in [0.25, 0.3) is 11.8 Å². The minimum absolute atomic E-state index is 0.0691. The van der Waals surface area contributed by atoms with Gasteiger partial charge in [-0.3, -0.25) is 14.5 Å². The maximum atomic E-state index is 14.0. The van der Waals surface area contributed by atoms with Crippen molar-refractivity contribution in [3.8, 4) is 0 Å². The summed E-state index contributed by atoms with van der Waals surface area (Å²) in [5, 5.41) is 1.83. The number of aliphatic imine (C=N–C) groups is 1. The molecule has 2 heterocycles. The number of thiophene rings is 1. The third kappa shape index (κ3) is 4.66. The van der Waals surface area contributed by atoms with Crippen molar-refractivity contribution >= 4 is 29.1 Å². The van der Waals surface area contributed by atoms with Crippen LogP contribution in [0.15, 0.2) is 101 Å². The Hall–Kier alpha value is -4.23. The van der Waals surface area contributed by atoms with Gasteiger partial charge in [0.15, 0.2) is 11.5 Å². The van der Waals surface area contributed by atoms with E-state index < -0.39 is 5.54 Å². The average Bonchev–Trinajstić information content (AvgIpc) is 3.49. The first-order chi connectivity index (χ1) is 17.9. The number of nitrogens with zero attached hydrogens (tertiary/aromatic N) is 3. The molecular formula is C30H28N4O2S. The molecule has 3 aromatic carbocycles. The lowest BCUT2D eigenvalue weighted by Crippen LogP contribution is -2.43. The van der Waals surface area contributed by atoms with Gasteiger partial charge in [0.1, 0.15) is 0 Å². The van der Waals surface area contributed by atoms with E-state index in [4.69, 9.17) is 10.7 Å². The first kappa shape index (κ1) is 24.5. The largest absolute Gasteiger partial charge is 0.369 e. The van der Waals surface area contributed by atoms with Gasteiger partial charge in [-0.1, -0.05) is 90.5 Å². The lowest BCUT2D eigenvalue weighted by Gasteiger charge is -2.27. The van der Waals surface area contributed by atoms with Gasteiger partial charge in [-0.15, -0.1) is 11.3 Å². The first-order valence-corrected chi connectivity index (χ1v) is 12.9. The molecule has 0 aliphatic carbocycles. The summed E-state index contributed by atoms with van der Waals surface area (Å²) >= 11 is 1.43. The van der Waals surface area contributed by atoms with Crippen molar-refractivity contribution in [3.05, 3.63) is 129 Å². The number of amides is 2. The maximum absolute atomic E-state index is 14.0. The van der Waals surface area contributed by atoms with Crippen LogP contribution in [0.5, 0.6) is 0 Å². The zero-order chi connectivity index (χ0) is 26.0. The topological polar surface area (TPSA) is 79.0 Å². The van der Waals surface area contributed by atoms with Crippen molar-refractivity contribution in [3.63, 3.8) is 0 Å². The van der Waals surface area contributed by atoms with Gasteiger partial charge in [-0.2, -0.15) is 0 Å². The number of aryl methyl sites for hydroxylation is 1. The molecule has 0 unspecified atom stereocenters. The van der Waals surface area contributed by atoms with E-state index >= 15 is 0 Å². The Bertz CT molecular complexity index is 1410. The summed E-state index contributed by atoms with van der Waals surface area (Å²) in [5.74, 6) is -0.115. The first-order valence-electron chi connectivity index (χ1n) is 12.1. The molecule has 2 N–H and O–H groups in total. The number of nitrogens with two attached hydrogens (primary N) is 1. The number of carbonyl (C=O) groups excluding carboxylic acids is 2. The molecule has 0 fully saturated rings. The predicted octanol–water partition coefficient (Wildman–Crippen LogP) is 4.93. The average molecular weight is 509 g/mol. The minimum atomic E-state index is -1.24. The van der Waals surface area contributed by atoms with Crippen LogP contribution in [0, 0.1) is 6.92 Å². The summed E-state index contributed by atoms with van der Waals surface area (Å²) in [7, 11) is 1.79. The summed E-state index contributed by atoms with van der Waals surface area (Å²) < 4.78 is 0. The third-order valence-electron chi connectivity index (χ3n) is 6.60. The van der Waals surface area contributed by atoms with Gasteiger partial charge in [0, 0.05) is 23.8 Å². The van der Waals surface area contributed by atoms with Crippen molar-refractivity contribution in [2.75, 3.05) is 7.05 Å². The van der Waals surface area contributed by atoms with E-state index in [0.29, 0.717) is 12.1 Å². The maximum Gasteiger partial charge on any atom is 0.266 e. The van der Waals surface area contributed by atoms with Crippen LogP contribution in [0.25, 0.3) is 0 Å². The SMILES string of the molecule is Cc1ccc(CN(C)C(=O)c2csc(CN3C(=O)C(c4ccccc4)(c4ccccc4)N=C3N)c2)cc1. The predicted molar refractivity (Wildman–Crippen MR) is 147 cm³/mol. The van der Waals surface area contributed by atoms with Crippen LogP contribution in [-0.4, -0.2) is 34.6 Å². The molecule has 4 aromatic rings. The van der Waals surface area contributed by atoms with Crippen molar-refractivity contribution < 1.29 is 9.59 Å². The molecule has 0 saturated heterocycles. The molecule has 0 spiro atoms. The van der Waals surface area contributed by atoms with E-state index in [9.17, 15) is 9.59 Å². The lowest BCUT2D eigenvalue weighted by molar-refractivity contribution is -0.130. The normalized spacial score (nSPS) is 14.5. The summed E-state index contributed by atoms with van der Waals surface area (Å²) in [6.07, 6.45) is 0. The second kappa shape index (κ2) is 10.0. The molecule has 0 saturated carbocycles. The molecule has 0 bridgehead atoms. The Balaban J connectivity index is 1.37. The fourth-order valence-corrected chi connectivity index (χ4v) is 5.47. The Morgan fingerprint density at radius 3 is 2.16 bits per heavy atom.